The molecule has 2 saturated heterocycles. The van der Waals surface area contributed by atoms with E-state index >= 15 is 0 Å². The fourth-order valence-electron chi connectivity index (χ4n) is 3.41. The zero-order chi connectivity index (χ0) is 14.0. The highest BCUT2D eigenvalue weighted by Gasteiger charge is 2.42. The molecule has 0 aliphatic carbocycles. The van der Waals surface area contributed by atoms with Crippen molar-refractivity contribution in [1.29, 1.82) is 0 Å². The van der Waals surface area contributed by atoms with E-state index < -0.39 is 0 Å². The first-order valence-electron chi connectivity index (χ1n) is 7.23. The van der Waals surface area contributed by atoms with Crippen molar-refractivity contribution in [2.75, 3.05) is 25.2 Å². The Bertz CT molecular complexity index is 448. The summed E-state index contributed by atoms with van der Waals surface area (Å²) in [6.07, 6.45) is 5.17. The van der Waals surface area contributed by atoms with Gasteiger partial charge in [0.2, 0.25) is 0 Å². The molecule has 2 fully saturated rings. The molecule has 3 rings (SSSR count). The molecule has 110 valence electrons. The molecule has 1 aromatic rings. The van der Waals surface area contributed by atoms with Crippen LogP contribution in [0.15, 0.2) is 18.3 Å². The molecule has 1 aromatic heterocycles. The van der Waals surface area contributed by atoms with Crippen LogP contribution in [0.3, 0.4) is 0 Å². The lowest BCUT2D eigenvalue weighted by molar-refractivity contribution is -0.0852. The lowest BCUT2D eigenvalue weighted by atomic mass is 9.80. The topological polar surface area (TPSA) is 34.2 Å². The SMILES string of the molecule is CNC(c1ccc(Cl)cn1)C1CCOC2(CCSC2)C1. The van der Waals surface area contributed by atoms with Gasteiger partial charge in [-0.25, -0.2) is 0 Å². The number of aromatic nitrogens is 1. The Kier molecular flexibility index (Phi) is 4.55. The van der Waals surface area contributed by atoms with Gasteiger partial charge in [0.15, 0.2) is 0 Å². The van der Waals surface area contributed by atoms with Gasteiger partial charge in [-0.05, 0) is 50.1 Å². The van der Waals surface area contributed by atoms with E-state index in [4.69, 9.17) is 16.3 Å². The van der Waals surface area contributed by atoms with E-state index in [1.165, 1.54) is 12.2 Å². The Balaban J connectivity index is 1.76. The minimum atomic E-state index is 0.120. The Hall–Kier alpha value is -0.290. The van der Waals surface area contributed by atoms with Crippen molar-refractivity contribution in [3.05, 3.63) is 29.0 Å². The summed E-state index contributed by atoms with van der Waals surface area (Å²) in [5.41, 5.74) is 1.21. The average Bonchev–Trinajstić information content (AvgIpc) is 2.90. The van der Waals surface area contributed by atoms with E-state index in [2.05, 4.69) is 10.3 Å². The molecule has 1 spiro atoms. The van der Waals surface area contributed by atoms with Crippen molar-refractivity contribution >= 4 is 23.4 Å². The van der Waals surface area contributed by atoms with Crippen molar-refractivity contribution in [1.82, 2.24) is 10.3 Å². The number of hydrogen-bond acceptors (Lipinski definition) is 4. The van der Waals surface area contributed by atoms with Gasteiger partial charge in [-0.15, -0.1) is 0 Å². The van der Waals surface area contributed by atoms with Gasteiger partial charge in [0.25, 0.3) is 0 Å². The number of thioether (sulfide) groups is 1. The maximum absolute atomic E-state index is 6.12. The van der Waals surface area contributed by atoms with Crippen LogP contribution in [-0.2, 0) is 4.74 Å². The van der Waals surface area contributed by atoms with Crippen LogP contribution in [0.5, 0.6) is 0 Å². The molecular formula is C15H21ClN2OS. The van der Waals surface area contributed by atoms with E-state index in [0.717, 1.165) is 30.9 Å². The van der Waals surface area contributed by atoms with Gasteiger partial charge >= 0.3 is 0 Å². The monoisotopic (exact) mass is 312 g/mol. The second kappa shape index (κ2) is 6.22. The first-order valence-corrected chi connectivity index (χ1v) is 8.76. The van der Waals surface area contributed by atoms with Crippen molar-refractivity contribution in [3.8, 4) is 0 Å². The van der Waals surface area contributed by atoms with E-state index in [1.807, 2.05) is 30.9 Å². The zero-order valence-electron chi connectivity index (χ0n) is 11.8. The molecule has 2 aliphatic rings. The molecule has 3 heterocycles. The summed E-state index contributed by atoms with van der Waals surface area (Å²) in [7, 11) is 2.02. The van der Waals surface area contributed by atoms with Crippen molar-refractivity contribution in [2.24, 2.45) is 5.92 Å². The molecule has 0 saturated carbocycles. The predicted octanol–water partition coefficient (Wildman–Crippen LogP) is 3.30. The van der Waals surface area contributed by atoms with Gasteiger partial charge in [-0.1, -0.05) is 11.6 Å². The first kappa shape index (κ1) is 14.6. The van der Waals surface area contributed by atoms with Crippen LogP contribution in [0, 0.1) is 5.92 Å². The molecule has 0 amide bonds. The minimum Gasteiger partial charge on any atom is -0.374 e. The fourth-order valence-corrected chi connectivity index (χ4v) is 4.90. The largest absolute Gasteiger partial charge is 0.374 e. The van der Waals surface area contributed by atoms with Crippen LogP contribution in [0.4, 0.5) is 0 Å². The third kappa shape index (κ3) is 2.98. The number of pyridine rings is 1. The Morgan fingerprint density at radius 1 is 1.55 bits per heavy atom. The molecule has 3 atom stereocenters. The highest BCUT2D eigenvalue weighted by atomic mass is 35.5. The smallest absolute Gasteiger partial charge is 0.0783 e. The Morgan fingerprint density at radius 3 is 3.10 bits per heavy atom. The van der Waals surface area contributed by atoms with Gasteiger partial charge in [0.1, 0.15) is 0 Å². The predicted molar refractivity (Wildman–Crippen MR) is 84.4 cm³/mol. The van der Waals surface area contributed by atoms with E-state index in [0.29, 0.717) is 17.0 Å². The van der Waals surface area contributed by atoms with Crippen molar-refractivity contribution in [3.63, 3.8) is 0 Å². The molecule has 0 aromatic carbocycles. The number of hydrogen-bond donors (Lipinski definition) is 1. The van der Waals surface area contributed by atoms with Gasteiger partial charge < -0.3 is 10.1 Å². The molecule has 5 heteroatoms. The molecule has 3 nitrogen and oxygen atoms in total. The quantitative estimate of drug-likeness (QED) is 0.928. The van der Waals surface area contributed by atoms with Crippen molar-refractivity contribution < 1.29 is 4.74 Å². The zero-order valence-corrected chi connectivity index (χ0v) is 13.3. The standard InChI is InChI=1S/C15H21ClN2OS/c1-17-14(13-3-2-12(16)9-18-13)11-4-6-19-15(8-11)5-7-20-10-15/h2-3,9,11,14,17H,4-8,10H2,1H3. The number of rotatable bonds is 3. The van der Waals surface area contributed by atoms with Gasteiger partial charge in [0.05, 0.1) is 22.4 Å². The second-order valence-electron chi connectivity index (χ2n) is 5.75. The molecule has 2 aliphatic heterocycles. The molecule has 3 unspecified atom stereocenters. The van der Waals surface area contributed by atoms with Gasteiger partial charge in [-0.3, -0.25) is 4.98 Å². The van der Waals surface area contributed by atoms with Crippen LogP contribution >= 0.6 is 23.4 Å². The molecule has 20 heavy (non-hydrogen) atoms. The lowest BCUT2D eigenvalue weighted by Crippen LogP contribution is -2.43. The van der Waals surface area contributed by atoms with Gasteiger partial charge in [0, 0.05) is 18.6 Å². The van der Waals surface area contributed by atoms with Crippen LogP contribution < -0.4 is 5.32 Å². The van der Waals surface area contributed by atoms with Crippen LogP contribution in [0.2, 0.25) is 5.02 Å². The molecular weight excluding hydrogens is 292 g/mol. The summed E-state index contributed by atoms with van der Waals surface area (Å²) in [4.78, 5) is 4.50. The summed E-state index contributed by atoms with van der Waals surface area (Å²) < 4.78 is 6.12. The summed E-state index contributed by atoms with van der Waals surface area (Å²) in [6.45, 7) is 0.872. The normalized spacial score (nSPS) is 31.6. The van der Waals surface area contributed by atoms with Crippen LogP contribution in [-0.4, -0.2) is 35.7 Å². The average molecular weight is 313 g/mol. The third-order valence-corrected chi connectivity index (χ3v) is 5.90. The maximum atomic E-state index is 6.12. The van der Waals surface area contributed by atoms with E-state index in [-0.39, 0.29) is 5.60 Å². The lowest BCUT2D eigenvalue weighted by Gasteiger charge is -2.40. The van der Waals surface area contributed by atoms with E-state index in [9.17, 15) is 0 Å². The third-order valence-electron chi connectivity index (χ3n) is 4.45. The number of halogens is 1. The first-order chi connectivity index (χ1) is 9.72. The summed E-state index contributed by atoms with van der Waals surface area (Å²) in [5, 5.41) is 4.14. The summed E-state index contributed by atoms with van der Waals surface area (Å²) in [5.74, 6) is 2.96. The second-order valence-corrected chi connectivity index (χ2v) is 7.30. The highest BCUT2D eigenvalue weighted by Crippen LogP contribution is 2.43. The number of ether oxygens (including phenoxy) is 1. The Morgan fingerprint density at radius 2 is 2.45 bits per heavy atom. The summed E-state index contributed by atoms with van der Waals surface area (Å²) in [6, 6.07) is 4.25. The van der Waals surface area contributed by atoms with Crippen LogP contribution in [0.25, 0.3) is 0 Å². The van der Waals surface area contributed by atoms with Crippen LogP contribution in [0.1, 0.15) is 31.0 Å². The molecule has 0 radical (unpaired) electrons. The van der Waals surface area contributed by atoms with E-state index in [1.54, 1.807) is 6.20 Å². The van der Waals surface area contributed by atoms with Gasteiger partial charge in [-0.2, -0.15) is 11.8 Å². The molecule has 1 N–H and O–H groups in total. The highest BCUT2D eigenvalue weighted by molar-refractivity contribution is 7.99. The van der Waals surface area contributed by atoms with Crippen molar-refractivity contribution in [2.45, 2.75) is 30.9 Å². The minimum absolute atomic E-state index is 0.120. The fraction of sp³-hybridized carbons (Fsp3) is 0.667. The maximum Gasteiger partial charge on any atom is 0.0783 e. The number of nitrogens with one attached hydrogen (secondary N) is 1. The molecule has 0 bridgehead atoms. The Labute approximate surface area is 129 Å². The summed E-state index contributed by atoms with van der Waals surface area (Å²) >= 11 is 7.96. The number of nitrogens with zero attached hydrogens (tertiary/aromatic N) is 1.